The summed E-state index contributed by atoms with van der Waals surface area (Å²) in [5, 5.41) is 28.1. The summed E-state index contributed by atoms with van der Waals surface area (Å²) < 4.78 is 1.35. The van der Waals surface area contributed by atoms with Crippen LogP contribution in [0, 0.1) is 12.3 Å². The third kappa shape index (κ3) is 3.24. The molecule has 2 rings (SSSR count). The fourth-order valence-electron chi connectivity index (χ4n) is 1.70. The van der Waals surface area contributed by atoms with E-state index >= 15 is 0 Å². The molecule has 0 fully saturated rings. The molecule has 21 heavy (non-hydrogen) atoms. The van der Waals surface area contributed by atoms with Crippen molar-refractivity contribution in [1.82, 2.24) is 9.78 Å². The average Bonchev–Trinajstić information content (AvgIpc) is 2.68. The molecule has 108 valence electrons. The molecule has 9 heteroatoms. The maximum atomic E-state index is 11.9. The van der Waals surface area contributed by atoms with Crippen LogP contribution in [0.15, 0.2) is 23.2 Å². The number of rotatable bonds is 2. The Kier molecular flexibility index (Phi) is 4.31. The van der Waals surface area contributed by atoms with Crippen molar-refractivity contribution in [2.45, 2.75) is 6.92 Å². The van der Waals surface area contributed by atoms with E-state index in [0.717, 1.165) is 0 Å². The van der Waals surface area contributed by atoms with Gasteiger partial charge in [0.25, 0.3) is 0 Å². The molecule has 0 unspecified atom stereocenters. The molecule has 1 N–H and O–H groups in total. The number of benzene rings is 1. The zero-order valence-corrected chi connectivity index (χ0v) is 12.6. The van der Waals surface area contributed by atoms with Gasteiger partial charge < -0.3 is 10.4 Å². The van der Waals surface area contributed by atoms with E-state index in [4.69, 9.17) is 28.6 Å². The lowest BCUT2D eigenvalue weighted by molar-refractivity contribution is -0.214. The molecule has 0 aliphatic carbocycles. The summed E-state index contributed by atoms with van der Waals surface area (Å²) in [5.41, 5.74) is 1.04. The topological polar surface area (TPSA) is 93.4 Å². The zero-order chi connectivity index (χ0) is 15.6. The normalized spacial score (nSPS) is 11.3. The highest BCUT2D eigenvalue weighted by atomic mass is 35.5. The summed E-state index contributed by atoms with van der Waals surface area (Å²) in [6.45, 7) is 1.64. The van der Waals surface area contributed by atoms with Crippen LogP contribution >= 0.6 is 23.2 Å². The Bertz CT molecular complexity index is 762. The Morgan fingerprint density at radius 1 is 1.43 bits per heavy atom. The first-order valence-electron chi connectivity index (χ1n) is 5.79. The van der Waals surface area contributed by atoms with Crippen LogP contribution in [0.2, 0.25) is 10.0 Å². The molecular weight excluding hydrogens is 315 g/mol. The van der Waals surface area contributed by atoms with Gasteiger partial charge in [0, 0.05) is 12.7 Å². The summed E-state index contributed by atoms with van der Waals surface area (Å²) in [6.07, 6.45) is 0. The number of aliphatic imine (C=N–C) groups is 1. The van der Waals surface area contributed by atoms with Crippen molar-refractivity contribution < 1.29 is 5.11 Å². The van der Waals surface area contributed by atoms with Crippen LogP contribution in [0.1, 0.15) is 5.69 Å². The van der Waals surface area contributed by atoms with Gasteiger partial charge in [0.15, 0.2) is 10.7 Å². The summed E-state index contributed by atoms with van der Waals surface area (Å²) in [6, 6.07) is 4.00. The van der Waals surface area contributed by atoms with E-state index in [2.05, 4.69) is 20.4 Å². The Morgan fingerprint density at radius 2 is 2.14 bits per heavy atom. The van der Waals surface area contributed by atoms with E-state index in [1.165, 1.54) is 10.7 Å². The minimum atomic E-state index is -0.652. The van der Waals surface area contributed by atoms with Crippen LogP contribution in [0.4, 0.5) is 17.2 Å². The number of diazo groups is 1. The number of hydrogen-bond donors (Lipinski definition) is 1. The smallest absolute Gasteiger partial charge is 0.451 e. The lowest BCUT2D eigenvalue weighted by Gasteiger charge is -2.13. The molecule has 0 radical (unpaired) electrons. The largest absolute Gasteiger partial charge is 0.846 e. The van der Waals surface area contributed by atoms with E-state index in [0.29, 0.717) is 21.4 Å². The molecule has 1 aromatic carbocycles. The SMILES string of the molecule is Cc1nn(C)c(N=C([O-])Nc2ccc(Cl)c(Cl)c2)c1[N+]#N. The van der Waals surface area contributed by atoms with Crippen LogP contribution in [-0.4, -0.2) is 15.8 Å². The Hall–Kier alpha value is -2.30. The first-order chi connectivity index (χ1) is 9.92. The van der Waals surface area contributed by atoms with Gasteiger partial charge in [0.05, 0.1) is 16.1 Å². The number of hydrogen-bond acceptors (Lipinski definition) is 4. The standard InChI is InChI=1S/C12H10Cl2N6O/c1-6-10(18-15)11(20(2)19-6)17-12(21)16-7-3-4-8(13)9(14)5-7/h3-5H,1-2H3,(H-,16,17,19,21). The molecular formula is C12H10Cl2N6O. The second-order valence-corrected chi connectivity index (χ2v) is 4.97. The van der Waals surface area contributed by atoms with Gasteiger partial charge in [0.1, 0.15) is 0 Å². The molecule has 0 spiro atoms. The van der Waals surface area contributed by atoms with Crippen molar-refractivity contribution in [3.05, 3.63) is 38.9 Å². The van der Waals surface area contributed by atoms with Crippen LogP contribution in [0.5, 0.6) is 0 Å². The first kappa shape index (κ1) is 15.1. The Labute approximate surface area is 130 Å². The third-order valence-electron chi connectivity index (χ3n) is 2.64. The van der Waals surface area contributed by atoms with E-state index < -0.39 is 6.02 Å². The Balaban J connectivity index is 2.30. The summed E-state index contributed by atoms with van der Waals surface area (Å²) in [7, 11) is 1.59. The second-order valence-electron chi connectivity index (χ2n) is 4.15. The van der Waals surface area contributed by atoms with Crippen LogP contribution in [0.3, 0.4) is 0 Å². The van der Waals surface area contributed by atoms with Gasteiger partial charge in [-0.25, -0.2) is 9.67 Å². The van der Waals surface area contributed by atoms with Crippen molar-refractivity contribution in [3.8, 4) is 0 Å². The average molecular weight is 325 g/mol. The molecule has 0 atom stereocenters. The van der Waals surface area contributed by atoms with Crippen molar-refractivity contribution in [2.75, 3.05) is 5.32 Å². The van der Waals surface area contributed by atoms with Crippen LogP contribution < -0.4 is 10.4 Å². The van der Waals surface area contributed by atoms with E-state index in [9.17, 15) is 5.11 Å². The van der Waals surface area contributed by atoms with E-state index in [1.807, 2.05) is 0 Å². The van der Waals surface area contributed by atoms with E-state index in [1.54, 1.807) is 26.1 Å². The molecule has 0 amide bonds. The number of aromatic nitrogens is 2. The van der Waals surface area contributed by atoms with Gasteiger partial charge in [-0.1, -0.05) is 23.2 Å². The minimum absolute atomic E-state index is 0.141. The van der Waals surface area contributed by atoms with Gasteiger partial charge >= 0.3 is 5.69 Å². The highest BCUT2D eigenvalue weighted by molar-refractivity contribution is 6.42. The molecule has 0 saturated carbocycles. The van der Waals surface area contributed by atoms with E-state index in [-0.39, 0.29) is 11.5 Å². The maximum Gasteiger partial charge on any atom is 0.451 e. The highest BCUT2D eigenvalue weighted by Crippen LogP contribution is 2.31. The first-order valence-corrected chi connectivity index (χ1v) is 6.54. The summed E-state index contributed by atoms with van der Waals surface area (Å²) >= 11 is 11.6. The summed E-state index contributed by atoms with van der Waals surface area (Å²) in [5.74, 6) is 0.146. The van der Waals surface area contributed by atoms with Gasteiger partial charge in [-0.15, -0.1) is 0 Å². The van der Waals surface area contributed by atoms with Gasteiger partial charge in [0.2, 0.25) is 11.2 Å². The molecule has 0 aliphatic rings. The third-order valence-corrected chi connectivity index (χ3v) is 3.38. The quantitative estimate of drug-likeness (QED) is 0.522. The summed E-state index contributed by atoms with van der Waals surface area (Å²) in [4.78, 5) is 6.90. The zero-order valence-electron chi connectivity index (χ0n) is 11.1. The second kappa shape index (κ2) is 5.99. The van der Waals surface area contributed by atoms with Crippen LogP contribution in [0.25, 0.3) is 4.98 Å². The van der Waals surface area contributed by atoms with Gasteiger partial charge in [-0.3, -0.25) is 0 Å². The number of anilines is 1. The number of nitrogens with one attached hydrogen (secondary N) is 1. The van der Waals surface area contributed by atoms with Crippen molar-refractivity contribution >= 4 is 46.4 Å². The number of amidine groups is 1. The molecule has 2 aromatic rings. The lowest BCUT2D eigenvalue weighted by Crippen LogP contribution is -2.26. The minimum Gasteiger partial charge on any atom is -0.846 e. The maximum absolute atomic E-state index is 11.9. The van der Waals surface area contributed by atoms with Gasteiger partial charge in [-0.2, -0.15) is 5.10 Å². The highest BCUT2D eigenvalue weighted by Gasteiger charge is 2.23. The molecule has 1 aromatic heterocycles. The Morgan fingerprint density at radius 3 is 2.76 bits per heavy atom. The number of halogens is 2. The van der Waals surface area contributed by atoms with Crippen molar-refractivity contribution in [3.63, 3.8) is 0 Å². The van der Waals surface area contributed by atoms with Crippen molar-refractivity contribution in [2.24, 2.45) is 12.0 Å². The molecule has 0 bridgehead atoms. The number of aryl methyl sites for hydroxylation is 2. The predicted octanol–water partition coefficient (Wildman–Crippen LogP) is 2.98. The lowest BCUT2D eigenvalue weighted by atomic mass is 10.3. The molecule has 1 heterocycles. The molecule has 7 nitrogen and oxygen atoms in total. The number of nitrogens with zero attached hydrogens (tertiary/aromatic N) is 5. The molecule has 0 saturated heterocycles. The monoisotopic (exact) mass is 324 g/mol. The molecule has 0 aliphatic heterocycles. The van der Waals surface area contributed by atoms with Crippen molar-refractivity contribution in [1.29, 1.82) is 5.39 Å². The fourth-order valence-corrected chi connectivity index (χ4v) is 2.00. The fraction of sp³-hybridized carbons (Fsp3) is 0.167. The van der Waals surface area contributed by atoms with Gasteiger partial charge in [-0.05, 0) is 25.1 Å². The van der Waals surface area contributed by atoms with Crippen LogP contribution in [-0.2, 0) is 7.05 Å². The predicted molar refractivity (Wildman–Crippen MR) is 79.9 cm³/mol.